The monoisotopic (exact) mass is 329 g/mol. The molecule has 0 saturated heterocycles. The molecular formula is C17H19N3O4. The molecule has 0 fully saturated rings. The number of amides is 1. The molecule has 0 aliphatic heterocycles. The van der Waals surface area contributed by atoms with Gasteiger partial charge in [-0.2, -0.15) is 0 Å². The number of nitrogens with one attached hydrogen (secondary N) is 1. The number of para-hydroxylation sites is 1. The Morgan fingerprint density at radius 3 is 2.83 bits per heavy atom. The number of hydrogen-bond donors (Lipinski definition) is 3. The van der Waals surface area contributed by atoms with Gasteiger partial charge in [-0.15, -0.1) is 17.9 Å². The average Bonchev–Trinajstić information content (AvgIpc) is 2.61. The molecule has 0 spiro atoms. The van der Waals surface area contributed by atoms with Crippen LogP contribution in [-0.4, -0.2) is 46.8 Å². The largest absolute Gasteiger partial charge is 0.516 e. The Morgan fingerprint density at radius 1 is 1.54 bits per heavy atom. The molecule has 0 radical (unpaired) electrons. The second kappa shape index (κ2) is 9.82. The van der Waals surface area contributed by atoms with E-state index >= 15 is 0 Å². The third kappa shape index (κ3) is 4.44. The SMILES string of the molecule is C#CC(/C=C/O)N(CCO)C(=O)c1cccc(N=O)c1NCC=C. The molecule has 1 aromatic carbocycles. The van der Waals surface area contributed by atoms with Crippen LogP contribution in [0.25, 0.3) is 0 Å². The van der Waals surface area contributed by atoms with Gasteiger partial charge < -0.3 is 20.4 Å². The van der Waals surface area contributed by atoms with Crippen LogP contribution >= 0.6 is 0 Å². The van der Waals surface area contributed by atoms with Gasteiger partial charge in [0.25, 0.3) is 5.91 Å². The molecule has 0 saturated carbocycles. The molecule has 3 N–H and O–H groups in total. The smallest absolute Gasteiger partial charge is 0.257 e. The van der Waals surface area contributed by atoms with Crippen LogP contribution in [0.2, 0.25) is 0 Å². The lowest BCUT2D eigenvalue weighted by Crippen LogP contribution is -2.40. The molecule has 1 rings (SSSR count). The Hall–Kier alpha value is -3.11. The highest BCUT2D eigenvalue weighted by Gasteiger charge is 2.24. The van der Waals surface area contributed by atoms with Crippen molar-refractivity contribution in [3.8, 4) is 12.3 Å². The second-order valence-corrected chi connectivity index (χ2v) is 4.64. The predicted octanol–water partition coefficient (Wildman–Crippen LogP) is 2.19. The summed E-state index contributed by atoms with van der Waals surface area (Å²) in [5.41, 5.74) is 0.500. The third-order valence-corrected chi connectivity index (χ3v) is 3.17. The Kier molecular flexibility index (Phi) is 7.75. The Labute approximate surface area is 140 Å². The molecule has 0 heterocycles. The van der Waals surface area contributed by atoms with E-state index in [1.165, 1.54) is 29.2 Å². The van der Waals surface area contributed by atoms with E-state index in [0.717, 1.165) is 6.26 Å². The predicted molar refractivity (Wildman–Crippen MR) is 93.1 cm³/mol. The summed E-state index contributed by atoms with van der Waals surface area (Å²) >= 11 is 0. The number of anilines is 1. The fourth-order valence-corrected chi connectivity index (χ4v) is 2.11. The number of hydrogen-bond acceptors (Lipinski definition) is 6. The molecule has 126 valence electrons. The first-order valence-electron chi connectivity index (χ1n) is 7.14. The Balaban J connectivity index is 3.34. The maximum absolute atomic E-state index is 12.9. The molecule has 0 aromatic heterocycles. The lowest BCUT2D eigenvalue weighted by atomic mass is 10.1. The quantitative estimate of drug-likeness (QED) is 0.279. The van der Waals surface area contributed by atoms with E-state index in [1.54, 1.807) is 6.08 Å². The van der Waals surface area contributed by atoms with Crippen LogP contribution in [0.1, 0.15) is 10.4 Å². The van der Waals surface area contributed by atoms with Crippen molar-refractivity contribution in [3.63, 3.8) is 0 Å². The van der Waals surface area contributed by atoms with Gasteiger partial charge in [-0.1, -0.05) is 18.1 Å². The molecule has 7 heteroatoms. The van der Waals surface area contributed by atoms with Crippen molar-refractivity contribution in [3.05, 3.63) is 53.7 Å². The molecule has 0 aliphatic rings. The second-order valence-electron chi connectivity index (χ2n) is 4.64. The average molecular weight is 329 g/mol. The van der Waals surface area contributed by atoms with Crippen molar-refractivity contribution in [1.82, 2.24) is 4.90 Å². The molecule has 24 heavy (non-hydrogen) atoms. The van der Waals surface area contributed by atoms with Gasteiger partial charge in [-0.05, 0) is 23.4 Å². The minimum atomic E-state index is -0.852. The summed E-state index contributed by atoms with van der Waals surface area (Å²) in [6, 6.07) is 3.66. The first-order chi connectivity index (χ1) is 11.6. The normalized spacial score (nSPS) is 11.5. The molecule has 0 bridgehead atoms. The van der Waals surface area contributed by atoms with Gasteiger partial charge in [0.15, 0.2) is 0 Å². The topological polar surface area (TPSA) is 102 Å². The maximum atomic E-state index is 12.9. The molecule has 0 aliphatic carbocycles. The molecule has 1 unspecified atom stereocenters. The number of benzene rings is 1. The van der Waals surface area contributed by atoms with Crippen molar-refractivity contribution in [2.24, 2.45) is 5.18 Å². The fourth-order valence-electron chi connectivity index (χ4n) is 2.11. The van der Waals surface area contributed by atoms with Crippen LogP contribution in [0.4, 0.5) is 11.4 Å². The van der Waals surface area contributed by atoms with E-state index in [0.29, 0.717) is 6.54 Å². The number of aliphatic hydroxyl groups is 2. The molecule has 7 nitrogen and oxygen atoms in total. The number of nitroso groups, excluding NO2 is 1. The molecule has 1 amide bonds. The first-order valence-corrected chi connectivity index (χ1v) is 7.14. The zero-order valence-electron chi connectivity index (χ0n) is 13.1. The first kappa shape index (κ1) is 18.9. The standard InChI is InChI=1S/C17H19N3O4/c1-3-9-18-16-14(6-5-7-15(16)19-24)17(23)20(10-12-22)13(4-2)8-11-21/h2-3,5-8,11,13,18,21-22H,1,9-10,12H2/b11-8+. The molecule has 1 aromatic rings. The van der Waals surface area contributed by atoms with Crippen LogP contribution in [-0.2, 0) is 0 Å². The summed E-state index contributed by atoms with van der Waals surface area (Å²) in [6.45, 7) is 3.54. The highest BCUT2D eigenvalue weighted by atomic mass is 16.3. The van der Waals surface area contributed by atoms with Crippen molar-refractivity contribution < 1.29 is 15.0 Å². The summed E-state index contributed by atoms with van der Waals surface area (Å²) in [7, 11) is 0. The summed E-state index contributed by atoms with van der Waals surface area (Å²) < 4.78 is 0. The highest BCUT2D eigenvalue weighted by Crippen LogP contribution is 2.30. The van der Waals surface area contributed by atoms with E-state index in [4.69, 9.17) is 11.5 Å². The summed E-state index contributed by atoms with van der Waals surface area (Å²) in [4.78, 5) is 25.1. The Morgan fingerprint density at radius 2 is 2.29 bits per heavy atom. The van der Waals surface area contributed by atoms with Crippen LogP contribution < -0.4 is 5.32 Å². The van der Waals surface area contributed by atoms with Crippen LogP contribution in [0, 0.1) is 17.3 Å². The van der Waals surface area contributed by atoms with Gasteiger partial charge >= 0.3 is 0 Å². The third-order valence-electron chi connectivity index (χ3n) is 3.17. The van der Waals surface area contributed by atoms with Gasteiger partial charge in [0.2, 0.25) is 0 Å². The van der Waals surface area contributed by atoms with E-state index in [-0.39, 0.29) is 30.1 Å². The van der Waals surface area contributed by atoms with E-state index in [9.17, 15) is 14.8 Å². The van der Waals surface area contributed by atoms with Crippen molar-refractivity contribution >= 4 is 17.3 Å². The van der Waals surface area contributed by atoms with Crippen molar-refractivity contribution in [2.45, 2.75) is 6.04 Å². The van der Waals surface area contributed by atoms with E-state index < -0.39 is 11.9 Å². The van der Waals surface area contributed by atoms with Gasteiger partial charge in [-0.3, -0.25) is 4.79 Å². The van der Waals surface area contributed by atoms with Crippen molar-refractivity contribution in [2.75, 3.05) is 25.0 Å². The van der Waals surface area contributed by atoms with Crippen LogP contribution in [0.5, 0.6) is 0 Å². The van der Waals surface area contributed by atoms with Crippen LogP contribution in [0.3, 0.4) is 0 Å². The number of carbonyl (C=O) groups excluding carboxylic acids is 1. The molecular weight excluding hydrogens is 310 g/mol. The number of rotatable bonds is 9. The van der Waals surface area contributed by atoms with E-state index in [2.05, 4.69) is 23.0 Å². The fraction of sp³-hybridized carbons (Fsp3) is 0.235. The van der Waals surface area contributed by atoms with Gasteiger partial charge in [0.1, 0.15) is 11.7 Å². The van der Waals surface area contributed by atoms with Gasteiger partial charge in [0, 0.05) is 13.1 Å². The van der Waals surface area contributed by atoms with Gasteiger partial charge in [-0.25, -0.2) is 0 Å². The number of nitrogens with zero attached hydrogens (tertiary/aromatic N) is 2. The van der Waals surface area contributed by atoms with Gasteiger partial charge in [0.05, 0.1) is 24.1 Å². The zero-order valence-corrected chi connectivity index (χ0v) is 13.1. The summed E-state index contributed by atoms with van der Waals surface area (Å²) in [5.74, 6) is 1.84. The number of aliphatic hydroxyl groups excluding tert-OH is 2. The summed E-state index contributed by atoms with van der Waals surface area (Å²) in [5, 5.41) is 24.0. The molecule has 1 atom stereocenters. The van der Waals surface area contributed by atoms with Crippen molar-refractivity contribution in [1.29, 1.82) is 0 Å². The maximum Gasteiger partial charge on any atom is 0.257 e. The lowest BCUT2D eigenvalue weighted by molar-refractivity contribution is 0.0709. The summed E-state index contributed by atoms with van der Waals surface area (Å²) in [6.07, 6.45) is 8.95. The number of terminal acetylenes is 1. The Bertz CT molecular complexity index is 664. The highest BCUT2D eigenvalue weighted by molar-refractivity contribution is 6.02. The minimum absolute atomic E-state index is 0.0440. The lowest BCUT2D eigenvalue weighted by Gasteiger charge is -2.26. The minimum Gasteiger partial charge on any atom is -0.516 e. The number of carbonyl (C=O) groups is 1. The zero-order chi connectivity index (χ0) is 17.9. The van der Waals surface area contributed by atoms with Crippen LogP contribution in [0.15, 0.2) is 48.4 Å². The van der Waals surface area contributed by atoms with E-state index in [1.807, 2.05) is 0 Å².